The zero-order chi connectivity index (χ0) is 18.7. The van der Waals surface area contributed by atoms with Gasteiger partial charge in [0.25, 0.3) is 0 Å². The highest BCUT2D eigenvalue weighted by Crippen LogP contribution is 2.41. The van der Waals surface area contributed by atoms with E-state index in [4.69, 9.17) is 0 Å². The molecule has 5 nitrogen and oxygen atoms in total. The van der Waals surface area contributed by atoms with Gasteiger partial charge >= 0.3 is 0 Å². The van der Waals surface area contributed by atoms with Crippen LogP contribution in [0, 0.1) is 12.3 Å². The Hall–Kier alpha value is -2.69. The fourth-order valence-electron chi connectivity index (χ4n) is 4.13. The molecule has 3 heterocycles. The second-order valence-corrected chi connectivity index (χ2v) is 7.78. The van der Waals surface area contributed by atoms with E-state index in [0.29, 0.717) is 13.0 Å². The molecule has 2 fully saturated rings. The third-order valence-corrected chi connectivity index (χ3v) is 5.77. The van der Waals surface area contributed by atoms with Crippen molar-refractivity contribution in [2.24, 2.45) is 5.41 Å². The van der Waals surface area contributed by atoms with Gasteiger partial charge in [-0.3, -0.25) is 4.79 Å². The first-order valence-electron chi connectivity index (χ1n) is 9.68. The van der Waals surface area contributed by atoms with Gasteiger partial charge < -0.3 is 9.80 Å². The quantitative estimate of drug-likeness (QED) is 0.837. The highest BCUT2D eigenvalue weighted by molar-refractivity contribution is 5.80. The van der Waals surface area contributed by atoms with Gasteiger partial charge in [0, 0.05) is 38.0 Å². The van der Waals surface area contributed by atoms with Crippen LogP contribution in [0.2, 0.25) is 0 Å². The molecule has 0 N–H and O–H groups in total. The van der Waals surface area contributed by atoms with Gasteiger partial charge in [0.2, 0.25) is 5.91 Å². The number of carbonyl (C=O) groups excluding carboxylic acids is 1. The molecule has 0 unspecified atom stereocenters. The number of amides is 1. The summed E-state index contributed by atoms with van der Waals surface area (Å²) in [6, 6.07) is 14.3. The molecule has 2 saturated heterocycles. The maximum Gasteiger partial charge on any atom is 0.223 e. The third kappa shape index (κ3) is 4.02. The minimum atomic E-state index is 0.131. The highest BCUT2D eigenvalue weighted by atomic mass is 16.2. The number of hydrogen-bond acceptors (Lipinski definition) is 4. The van der Waals surface area contributed by atoms with Gasteiger partial charge in [-0.05, 0) is 37.5 Å². The summed E-state index contributed by atoms with van der Waals surface area (Å²) in [7, 11) is 0. The van der Waals surface area contributed by atoms with Crippen LogP contribution < -0.4 is 4.90 Å². The first kappa shape index (κ1) is 17.7. The van der Waals surface area contributed by atoms with E-state index in [0.717, 1.165) is 44.0 Å². The van der Waals surface area contributed by atoms with E-state index >= 15 is 0 Å². The second kappa shape index (κ2) is 7.51. The van der Waals surface area contributed by atoms with E-state index in [1.165, 1.54) is 5.56 Å². The zero-order valence-corrected chi connectivity index (χ0v) is 15.8. The number of anilines is 1. The Morgan fingerprint density at radius 2 is 1.85 bits per heavy atom. The fourth-order valence-corrected chi connectivity index (χ4v) is 4.13. The summed E-state index contributed by atoms with van der Waals surface area (Å²) >= 11 is 0. The van der Waals surface area contributed by atoms with E-state index < -0.39 is 0 Å². The molecule has 0 saturated carbocycles. The molecule has 1 spiro atoms. The van der Waals surface area contributed by atoms with Crippen molar-refractivity contribution in [2.45, 2.75) is 26.2 Å². The van der Waals surface area contributed by atoms with Crippen LogP contribution in [-0.2, 0) is 4.79 Å². The Labute approximate surface area is 160 Å². The predicted octanol–water partition coefficient (Wildman–Crippen LogP) is 3.32. The monoisotopic (exact) mass is 362 g/mol. The number of carbonyl (C=O) groups is 1. The van der Waals surface area contributed by atoms with Crippen LogP contribution in [0.1, 0.15) is 30.5 Å². The molecule has 2 aromatic rings. The largest absolute Gasteiger partial charge is 0.355 e. The van der Waals surface area contributed by atoms with Crippen molar-refractivity contribution < 1.29 is 4.79 Å². The second-order valence-electron chi connectivity index (χ2n) is 7.78. The lowest BCUT2D eigenvalue weighted by Crippen LogP contribution is -2.42. The van der Waals surface area contributed by atoms with Crippen LogP contribution in [0.25, 0.3) is 6.08 Å². The molecule has 2 aliphatic rings. The van der Waals surface area contributed by atoms with Crippen LogP contribution in [0.3, 0.4) is 0 Å². The Morgan fingerprint density at radius 3 is 2.56 bits per heavy atom. The molecular weight excluding hydrogens is 336 g/mol. The van der Waals surface area contributed by atoms with E-state index in [9.17, 15) is 4.79 Å². The molecule has 2 aliphatic heterocycles. The summed E-state index contributed by atoms with van der Waals surface area (Å²) in [6.45, 7) is 5.41. The number of likely N-dealkylation sites (tertiary alicyclic amines) is 1. The minimum absolute atomic E-state index is 0.131. The predicted molar refractivity (Wildman–Crippen MR) is 107 cm³/mol. The molecule has 27 heavy (non-hydrogen) atoms. The summed E-state index contributed by atoms with van der Waals surface area (Å²) < 4.78 is 0. The molecule has 5 heteroatoms. The first-order valence-corrected chi connectivity index (χ1v) is 9.68. The van der Waals surface area contributed by atoms with Gasteiger partial charge in [-0.25, -0.2) is 0 Å². The molecule has 0 bridgehead atoms. The standard InChI is InChI=1S/C22H26N4O/c1-18-9-10-20(24-23-18)25-14-11-22(12-15-25)16-21(27)26(17-22)13-5-8-19-6-3-2-4-7-19/h2-10H,11-17H2,1H3. The molecule has 1 amide bonds. The van der Waals surface area contributed by atoms with E-state index in [1.54, 1.807) is 0 Å². The van der Waals surface area contributed by atoms with Gasteiger partial charge in [0.1, 0.15) is 0 Å². The van der Waals surface area contributed by atoms with Crippen LogP contribution >= 0.6 is 0 Å². The number of rotatable bonds is 4. The number of benzene rings is 1. The normalized spacial score (nSPS) is 19.4. The lowest BCUT2D eigenvalue weighted by Gasteiger charge is -2.39. The highest BCUT2D eigenvalue weighted by Gasteiger charge is 2.44. The van der Waals surface area contributed by atoms with Crippen molar-refractivity contribution >= 4 is 17.8 Å². The van der Waals surface area contributed by atoms with Crippen LogP contribution in [0.5, 0.6) is 0 Å². The zero-order valence-electron chi connectivity index (χ0n) is 15.8. The molecule has 1 aromatic carbocycles. The Kier molecular flexibility index (Phi) is 4.92. The molecule has 0 radical (unpaired) electrons. The fraction of sp³-hybridized carbons (Fsp3) is 0.409. The summed E-state index contributed by atoms with van der Waals surface area (Å²) in [5.74, 6) is 1.23. The summed E-state index contributed by atoms with van der Waals surface area (Å²) in [5, 5.41) is 8.47. The van der Waals surface area contributed by atoms with Gasteiger partial charge in [-0.2, -0.15) is 5.10 Å². The number of nitrogens with zero attached hydrogens (tertiary/aromatic N) is 4. The molecule has 0 aliphatic carbocycles. The van der Waals surface area contributed by atoms with Gasteiger partial charge in [0.05, 0.1) is 5.69 Å². The number of hydrogen-bond donors (Lipinski definition) is 0. The van der Waals surface area contributed by atoms with E-state index in [2.05, 4.69) is 39.4 Å². The van der Waals surface area contributed by atoms with E-state index in [-0.39, 0.29) is 11.3 Å². The number of aryl methyl sites for hydroxylation is 1. The van der Waals surface area contributed by atoms with E-state index in [1.807, 2.05) is 42.2 Å². The smallest absolute Gasteiger partial charge is 0.223 e. The summed E-state index contributed by atoms with van der Waals surface area (Å²) in [6.07, 6.45) is 6.94. The average Bonchev–Trinajstić information content (AvgIpc) is 2.99. The van der Waals surface area contributed by atoms with Crippen molar-refractivity contribution in [1.82, 2.24) is 15.1 Å². The van der Waals surface area contributed by atoms with Crippen molar-refractivity contribution in [3.8, 4) is 0 Å². The molecule has 140 valence electrons. The lowest BCUT2D eigenvalue weighted by atomic mass is 9.77. The number of piperidine rings is 1. The maximum absolute atomic E-state index is 12.5. The van der Waals surface area contributed by atoms with Crippen LogP contribution in [0.4, 0.5) is 5.82 Å². The lowest BCUT2D eigenvalue weighted by molar-refractivity contribution is -0.127. The van der Waals surface area contributed by atoms with Gasteiger partial charge in [-0.1, -0.05) is 42.5 Å². The summed E-state index contributed by atoms with van der Waals surface area (Å²) in [5.41, 5.74) is 2.24. The Bertz CT molecular complexity index is 808. The SMILES string of the molecule is Cc1ccc(N2CCC3(CC2)CC(=O)N(CC=Cc2ccccc2)C3)nn1. The van der Waals surface area contributed by atoms with Crippen LogP contribution in [0.15, 0.2) is 48.5 Å². The molecule has 1 aromatic heterocycles. The molecule has 4 rings (SSSR count). The third-order valence-electron chi connectivity index (χ3n) is 5.77. The van der Waals surface area contributed by atoms with Crippen molar-refractivity contribution in [3.63, 3.8) is 0 Å². The van der Waals surface area contributed by atoms with Gasteiger partial charge in [-0.15, -0.1) is 5.10 Å². The van der Waals surface area contributed by atoms with Crippen LogP contribution in [-0.4, -0.2) is 47.2 Å². The van der Waals surface area contributed by atoms with Crippen molar-refractivity contribution in [2.75, 3.05) is 31.1 Å². The minimum Gasteiger partial charge on any atom is -0.355 e. The first-order chi connectivity index (χ1) is 13.1. The topological polar surface area (TPSA) is 49.3 Å². The Morgan fingerprint density at radius 1 is 1.07 bits per heavy atom. The number of aromatic nitrogens is 2. The van der Waals surface area contributed by atoms with Crippen molar-refractivity contribution in [3.05, 3.63) is 59.8 Å². The molecular formula is C22H26N4O. The maximum atomic E-state index is 12.5. The Balaban J connectivity index is 1.33. The summed E-state index contributed by atoms with van der Waals surface area (Å²) in [4.78, 5) is 16.8. The molecule has 0 atom stereocenters. The van der Waals surface area contributed by atoms with Gasteiger partial charge in [0.15, 0.2) is 5.82 Å². The average molecular weight is 362 g/mol. The van der Waals surface area contributed by atoms with Crippen molar-refractivity contribution in [1.29, 1.82) is 0 Å².